The van der Waals surface area contributed by atoms with Gasteiger partial charge >= 0.3 is 12.0 Å². The molecule has 1 aliphatic heterocycles. The van der Waals surface area contributed by atoms with E-state index in [1.807, 2.05) is 0 Å². The van der Waals surface area contributed by atoms with Gasteiger partial charge < -0.3 is 19.8 Å². The maximum absolute atomic E-state index is 11.9. The first kappa shape index (κ1) is 13.4. The highest BCUT2D eigenvalue weighted by atomic mass is 16.5. The molecule has 1 unspecified atom stereocenters. The van der Waals surface area contributed by atoms with E-state index in [4.69, 9.17) is 9.63 Å². The predicted octanol–water partition coefficient (Wildman–Crippen LogP) is 0.989. The minimum Gasteiger partial charge on any atom is -0.481 e. The van der Waals surface area contributed by atoms with Crippen molar-refractivity contribution in [3.63, 3.8) is 0 Å². The van der Waals surface area contributed by atoms with Gasteiger partial charge in [-0.3, -0.25) is 4.79 Å². The van der Waals surface area contributed by atoms with Crippen LogP contribution in [0.5, 0.6) is 0 Å². The minimum atomic E-state index is -0.843. The van der Waals surface area contributed by atoms with Crippen LogP contribution in [0.3, 0.4) is 0 Å². The number of nitrogens with one attached hydrogen (secondary N) is 1. The zero-order valence-electron chi connectivity index (χ0n) is 10.8. The van der Waals surface area contributed by atoms with Crippen LogP contribution < -0.4 is 5.32 Å². The second kappa shape index (κ2) is 5.73. The molecule has 1 aromatic heterocycles. The van der Waals surface area contributed by atoms with E-state index in [1.165, 1.54) is 4.90 Å². The Bertz CT molecular complexity index is 471. The van der Waals surface area contributed by atoms with Crippen molar-refractivity contribution in [1.29, 1.82) is 0 Å². The molecular weight excluding hydrogens is 250 g/mol. The summed E-state index contributed by atoms with van der Waals surface area (Å²) in [6, 6.07) is 1.49. The predicted molar refractivity (Wildman–Crippen MR) is 65.4 cm³/mol. The molecule has 2 N–H and O–H groups in total. The number of carbonyl (C=O) groups is 2. The number of carbonyl (C=O) groups excluding carboxylic acids is 1. The van der Waals surface area contributed by atoms with Gasteiger partial charge in [-0.2, -0.15) is 0 Å². The number of hydrogen-bond acceptors (Lipinski definition) is 4. The molecule has 104 valence electrons. The summed E-state index contributed by atoms with van der Waals surface area (Å²) < 4.78 is 4.90. The number of aromatic nitrogens is 1. The fraction of sp³-hybridized carbons (Fsp3) is 0.583. The second-order valence-corrected chi connectivity index (χ2v) is 4.71. The van der Waals surface area contributed by atoms with Gasteiger partial charge in [-0.05, 0) is 19.8 Å². The Kier molecular flexibility index (Phi) is 4.03. The number of urea groups is 1. The van der Waals surface area contributed by atoms with E-state index in [2.05, 4.69) is 10.5 Å². The van der Waals surface area contributed by atoms with E-state index in [1.54, 1.807) is 13.0 Å². The van der Waals surface area contributed by atoms with Crippen molar-refractivity contribution in [2.75, 3.05) is 13.1 Å². The van der Waals surface area contributed by atoms with Crippen LogP contribution in [0.15, 0.2) is 10.6 Å². The summed E-state index contributed by atoms with van der Waals surface area (Å²) >= 11 is 0. The Hall–Kier alpha value is -2.05. The van der Waals surface area contributed by atoms with Crippen LogP contribution in [0.25, 0.3) is 0 Å². The Morgan fingerprint density at radius 3 is 3.05 bits per heavy atom. The number of amides is 2. The summed E-state index contributed by atoms with van der Waals surface area (Å²) in [6.07, 6.45) is 1.34. The largest absolute Gasteiger partial charge is 0.481 e. The zero-order chi connectivity index (χ0) is 13.8. The van der Waals surface area contributed by atoms with E-state index in [9.17, 15) is 9.59 Å². The van der Waals surface area contributed by atoms with Gasteiger partial charge in [0.05, 0.1) is 12.5 Å². The van der Waals surface area contributed by atoms with Gasteiger partial charge in [0.25, 0.3) is 0 Å². The Labute approximate surface area is 110 Å². The third kappa shape index (κ3) is 3.46. The number of carboxylic acid groups (broad SMARTS) is 1. The Balaban J connectivity index is 1.84. The third-order valence-electron chi connectivity index (χ3n) is 3.16. The first-order valence-electron chi connectivity index (χ1n) is 6.24. The lowest BCUT2D eigenvalue weighted by Gasteiger charge is -2.30. The van der Waals surface area contributed by atoms with Crippen LogP contribution >= 0.6 is 0 Å². The van der Waals surface area contributed by atoms with Crippen LogP contribution in [0.4, 0.5) is 4.79 Å². The Morgan fingerprint density at radius 2 is 2.42 bits per heavy atom. The van der Waals surface area contributed by atoms with E-state index < -0.39 is 11.9 Å². The number of piperidine rings is 1. The molecule has 0 aromatic carbocycles. The molecular formula is C12H17N3O4. The molecule has 2 heterocycles. The maximum atomic E-state index is 11.9. The van der Waals surface area contributed by atoms with Crippen LogP contribution in [-0.4, -0.2) is 40.3 Å². The third-order valence-corrected chi connectivity index (χ3v) is 3.16. The van der Waals surface area contributed by atoms with Gasteiger partial charge in [0, 0.05) is 19.2 Å². The number of likely N-dealkylation sites (tertiary alicyclic amines) is 1. The molecule has 0 spiro atoms. The molecule has 2 rings (SSSR count). The highest BCUT2D eigenvalue weighted by Gasteiger charge is 2.27. The van der Waals surface area contributed by atoms with Crippen molar-refractivity contribution < 1.29 is 19.2 Å². The standard InChI is InChI=1S/C12H17N3O4/c1-8-5-10(14-19-8)6-13-12(18)15-4-2-3-9(7-15)11(16)17/h5,9H,2-4,6-7H2,1H3,(H,13,18)(H,16,17). The number of rotatable bonds is 3. The van der Waals surface area contributed by atoms with Gasteiger partial charge in [-0.25, -0.2) is 4.79 Å². The van der Waals surface area contributed by atoms with Gasteiger partial charge in [0.15, 0.2) is 0 Å². The second-order valence-electron chi connectivity index (χ2n) is 4.71. The van der Waals surface area contributed by atoms with Crippen molar-refractivity contribution in [1.82, 2.24) is 15.4 Å². The van der Waals surface area contributed by atoms with Crippen molar-refractivity contribution >= 4 is 12.0 Å². The number of hydrogen-bond donors (Lipinski definition) is 2. The molecule has 0 aliphatic carbocycles. The van der Waals surface area contributed by atoms with Crippen LogP contribution in [0.1, 0.15) is 24.3 Å². The lowest BCUT2D eigenvalue weighted by Crippen LogP contribution is -2.46. The molecule has 7 nitrogen and oxygen atoms in total. The fourth-order valence-electron chi connectivity index (χ4n) is 2.14. The molecule has 1 atom stereocenters. The Morgan fingerprint density at radius 1 is 1.63 bits per heavy atom. The summed E-state index contributed by atoms with van der Waals surface area (Å²) in [6.45, 7) is 2.91. The highest BCUT2D eigenvalue weighted by Crippen LogP contribution is 2.16. The molecule has 0 saturated carbocycles. The molecule has 1 aromatic rings. The van der Waals surface area contributed by atoms with Gasteiger partial charge in [-0.1, -0.05) is 5.16 Å². The quantitative estimate of drug-likeness (QED) is 0.851. The van der Waals surface area contributed by atoms with Crippen molar-refractivity contribution in [2.24, 2.45) is 5.92 Å². The van der Waals surface area contributed by atoms with E-state index in [0.29, 0.717) is 30.8 Å². The van der Waals surface area contributed by atoms with Crippen LogP contribution in [0.2, 0.25) is 0 Å². The van der Waals surface area contributed by atoms with E-state index in [-0.39, 0.29) is 19.1 Å². The van der Waals surface area contributed by atoms with Crippen molar-refractivity contribution in [3.05, 3.63) is 17.5 Å². The average molecular weight is 267 g/mol. The molecule has 1 fully saturated rings. The van der Waals surface area contributed by atoms with E-state index >= 15 is 0 Å². The molecule has 19 heavy (non-hydrogen) atoms. The number of carboxylic acids is 1. The molecule has 0 bridgehead atoms. The summed E-state index contributed by atoms with van der Waals surface area (Å²) in [5, 5.41) is 15.5. The van der Waals surface area contributed by atoms with Crippen LogP contribution in [0, 0.1) is 12.8 Å². The normalized spacial score (nSPS) is 19.2. The summed E-state index contributed by atoms with van der Waals surface area (Å²) in [5.41, 5.74) is 0.651. The smallest absolute Gasteiger partial charge is 0.317 e. The molecule has 1 aliphatic rings. The molecule has 0 radical (unpaired) electrons. The van der Waals surface area contributed by atoms with Crippen molar-refractivity contribution in [3.8, 4) is 0 Å². The van der Waals surface area contributed by atoms with Gasteiger partial charge in [0.2, 0.25) is 0 Å². The van der Waals surface area contributed by atoms with Gasteiger partial charge in [0.1, 0.15) is 11.5 Å². The summed E-state index contributed by atoms with van der Waals surface area (Å²) in [7, 11) is 0. The lowest BCUT2D eigenvalue weighted by molar-refractivity contribution is -0.143. The molecule has 7 heteroatoms. The number of aryl methyl sites for hydroxylation is 1. The van der Waals surface area contributed by atoms with Crippen molar-refractivity contribution in [2.45, 2.75) is 26.3 Å². The first-order chi connectivity index (χ1) is 9.06. The van der Waals surface area contributed by atoms with Gasteiger partial charge in [-0.15, -0.1) is 0 Å². The number of aliphatic carboxylic acids is 1. The minimum absolute atomic E-state index is 0.258. The lowest BCUT2D eigenvalue weighted by atomic mass is 9.99. The highest BCUT2D eigenvalue weighted by molar-refractivity contribution is 5.76. The molecule has 2 amide bonds. The van der Waals surface area contributed by atoms with E-state index in [0.717, 1.165) is 0 Å². The number of nitrogens with zero attached hydrogens (tertiary/aromatic N) is 2. The first-order valence-corrected chi connectivity index (χ1v) is 6.24. The topological polar surface area (TPSA) is 95.7 Å². The maximum Gasteiger partial charge on any atom is 0.317 e. The summed E-state index contributed by atoms with van der Waals surface area (Å²) in [5.74, 6) is -0.619. The average Bonchev–Trinajstić information content (AvgIpc) is 2.82. The SMILES string of the molecule is Cc1cc(CNC(=O)N2CCCC(C(=O)O)C2)no1. The molecule has 1 saturated heterocycles. The monoisotopic (exact) mass is 267 g/mol. The summed E-state index contributed by atoms with van der Waals surface area (Å²) in [4.78, 5) is 24.4. The fourth-order valence-corrected chi connectivity index (χ4v) is 2.14. The zero-order valence-corrected chi connectivity index (χ0v) is 10.8. The van der Waals surface area contributed by atoms with Crippen LogP contribution in [-0.2, 0) is 11.3 Å².